The average Bonchev–Trinajstić information content (AvgIpc) is 3.26. The molecule has 1 aromatic rings. The number of hydrogen-bond donors (Lipinski definition) is 2. The van der Waals surface area contributed by atoms with Gasteiger partial charge >= 0.3 is 11.8 Å². The second-order valence-electron chi connectivity index (χ2n) is 6.34. The Labute approximate surface area is 139 Å². The van der Waals surface area contributed by atoms with Gasteiger partial charge in [-0.25, -0.2) is 9.59 Å². The third kappa shape index (κ3) is 3.95. The van der Waals surface area contributed by atoms with E-state index in [1.165, 1.54) is 0 Å². The van der Waals surface area contributed by atoms with E-state index in [9.17, 15) is 14.4 Å². The molecule has 2 aliphatic rings. The predicted molar refractivity (Wildman–Crippen MR) is 84.3 cm³/mol. The maximum absolute atomic E-state index is 12.4. The lowest BCUT2D eigenvalue weighted by atomic mass is 9.97. The molecule has 0 radical (unpaired) electrons. The second kappa shape index (κ2) is 7.50. The number of aromatic nitrogens is 2. The summed E-state index contributed by atoms with van der Waals surface area (Å²) < 4.78 is 4.40. The first-order chi connectivity index (χ1) is 11.6. The quantitative estimate of drug-likeness (QED) is 0.800. The van der Waals surface area contributed by atoms with Crippen molar-refractivity contribution in [1.82, 2.24) is 25.3 Å². The monoisotopic (exact) mass is 337 g/mol. The van der Waals surface area contributed by atoms with E-state index in [4.69, 9.17) is 0 Å². The maximum Gasteiger partial charge on any atom is 0.438 e. The van der Waals surface area contributed by atoms with Gasteiger partial charge in [-0.15, -0.1) is 0 Å². The number of H-pyrrole nitrogens is 1. The Bertz CT molecular complexity index is 634. The summed E-state index contributed by atoms with van der Waals surface area (Å²) in [6.45, 7) is 3.21. The molecule has 3 rings (SSSR count). The van der Waals surface area contributed by atoms with Crippen LogP contribution in [-0.4, -0.2) is 64.6 Å². The molecule has 0 aromatic carbocycles. The van der Waals surface area contributed by atoms with Crippen molar-refractivity contribution in [3.63, 3.8) is 0 Å². The van der Waals surface area contributed by atoms with Gasteiger partial charge in [-0.3, -0.25) is 14.3 Å². The van der Waals surface area contributed by atoms with Gasteiger partial charge in [0.2, 0.25) is 5.91 Å². The zero-order chi connectivity index (χ0) is 16.9. The van der Waals surface area contributed by atoms with Crippen LogP contribution in [0, 0.1) is 5.92 Å². The summed E-state index contributed by atoms with van der Waals surface area (Å²) in [5, 5.41) is 6.40. The highest BCUT2D eigenvalue weighted by molar-refractivity contribution is 5.81. The lowest BCUT2D eigenvalue weighted by molar-refractivity contribution is -0.126. The number of rotatable bonds is 4. The number of carbonyl (C=O) groups excluding carboxylic acids is 2. The minimum atomic E-state index is -0.598. The topological polar surface area (TPSA) is 112 Å². The molecule has 0 spiro atoms. The van der Waals surface area contributed by atoms with Crippen LogP contribution in [0.1, 0.15) is 31.5 Å². The normalized spacial score (nSPS) is 21.1. The molecule has 2 saturated heterocycles. The van der Waals surface area contributed by atoms with Crippen LogP contribution in [0.15, 0.2) is 9.32 Å². The number of hydrogen-bond acceptors (Lipinski definition) is 5. The van der Waals surface area contributed by atoms with E-state index >= 15 is 0 Å². The molecule has 9 heteroatoms. The molecule has 1 atom stereocenters. The smallest absolute Gasteiger partial charge is 0.355 e. The summed E-state index contributed by atoms with van der Waals surface area (Å²) in [7, 11) is 0. The number of likely N-dealkylation sites (tertiary alicyclic amines) is 2. The molecule has 24 heavy (non-hydrogen) atoms. The third-order valence-corrected chi connectivity index (χ3v) is 4.59. The van der Waals surface area contributed by atoms with Gasteiger partial charge in [-0.05, 0) is 25.7 Å². The van der Waals surface area contributed by atoms with Crippen LogP contribution in [-0.2, 0) is 11.2 Å². The summed E-state index contributed by atoms with van der Waals surface area (Å²) in [5.74, 6) is -0.420. The van der Waals surface area contributed by atoms with Crippen LogP contribution in [0.5, 0.6) is 0 Å². The van der Waals surface area contributed by atoms with Crippen LogP contribution in [0.4, 0.5) is 4.79 Å². The van der Waals surface area contributed by atoms with Crippen LogP contribution in [0.2, 0.25) is 0 Å². The molecule has 3 amide bonds. The molecule has 0 aliphatic carbocycles. The number of aromatic amines is 1. The third-order valence-electron chi connectivity index (χ3n) is 4.59. The van der Waals surface area contributed by atoms with Crippen molar-refractivity contribution in [2.24, 2.45) is 5.92 Å². The number of nitrogens with one attached hydrogen (secondary N) is 2. The zero-order valence-electron chi connectivity index (χ0n) is 13.6. The first kappa shape index (κ1) is 16.5. The number of carbonyl (C=O) groups is 2. The molecule has 3 heterocycles. The molecular formula is C15H23N5O4. The zero-order valence-corrected chi connectivity index (χ0v) is 13.6. The number of urea groups is 1. The number of nitrogens with zero attached hydrogens (tertiary/aromatic N) is 3. The molecule has 0 unspecified atom stereocenters. The number of piperidine rings is 1. The molecule has 132 valence electrons. The summed E-state index contributed by atoms with van der Waals surface area (Å²) in [6, 6.07) is 0.0603. The summed E-state index contributed by atoms with van der Waals surface area (Å²) in [4.78, 5) is 41.7. The SMILES string of the molecule is O=C(NCCc1noc(=O)[nH]1)[C@@H]1CCCN(C(=O)N2CCCC2)C1. The van der Waals surface area contributed by atoms with E-state index < -0.39 is 5.76 Å². The fourth-order valence-corrected chi connectivity index (χ4v) is 3.29. The van der Waals surface area contributed by atoms with E-state index in [2.05, 4.69) is 20.0 Å². The lowest BCUT2D eigenvalue weighted by Crippen LogP contribution is -2.49. The van der Waals surface area contributed by atoms with Gasteiger partial charge < -0.3 is 15.1 Å². The van der Waals surface area contributed by atoms with Crippen molar-refractivity contribution < 1.29 is 14.1 Å². The lowest BCUT2D eigenvalue weighted by Gasteiger charge is -2.34. The van der Waals surface area contributed by atoms with Gasteiger partial charge in [0, 0.05) is 39.1 Å². The summed E-state index contributed by atoms with van der Waals surface area (Å²) in [6.07, 6.45) is 4.16. The first-order valence-corrected chi connectivity index (χ1v) is 8.50. The van der Waals surface area contributed by atoms with Gasteiger partial charge in [-0.1, -0.05) is 5.16 Å². The molecule has 2 aliphatic heterocycles. The summed E-state index contributed by atoms with van der Waals surface area (Å²) >= 11 is 0. The van der Waals surface area contributed by atoms with Crippen LogP contribution < -0.4 is 11.1 Å². The van der Waals surface area contributed by atoms with Crippen molar-refractivity contribution in [3.05, 3.63) is 16.4 Å². The molecule has 0 saturated carbocycles. The van der Waals surface area contributed by atoms with Gasteiger partial charge in [0.1, 0.15) is 0 Å². The minimum Gasteiger partial charge on any atom is -0.355 e. The van der Waals surface area contributed by atoms with Crippen molar-refractivity contribution >= 4 is 11.9 Å². The van der Waals surface area contributed by atoms with Gasteiger partial charge in [0.05, 0.1) is 5.92 Å². The van der Waals surface area contributed by atoms with Crippen molar-refractivity contribution in [1.29, 1.82) is 0 Å². The first-order valence-electron chi connectivity index (χ1n) is 8.50. The fraction of sp³-hybridized carbons (Fsp3) is 0.733. The van der Waals surface area contributed by atoms with E-state index in [1.807, 2.05) is 4.90 Å². The highest BCUT2D eigenvalue weighted by Crippen LogP contribution is 2.19. The van der Waals surface area contributed by atoms with Crippen molar-refractivity contribution in [3.8, 4) is 0 Å². The fourth-order valence-electron chi connectivity index (χ4n) is 3.29. The molecule has 1 aromatic heterocycles. The Morgan fingerprint density at radius 1 is 1.21 bits per heavy atom. The largest absolute Gasteiger partial charge is 0.438 e. The Balaban J connectivity index is 1.45. The summed E-state index contributed by atoms with van der Waals surface area (Å²) in [5.41, 5.74) is 0. The standard InChI is InChI=1S/C15H23N5O4/c21-13(16-6-5-12-17-14(22)24-18-12)11-4-3-9-20(10-11)15(23)19-7-1-2-8-19/h11H,1-10H2,(H,16,21)(H,17,18,22)/t11-/m1/s1. The Kier molecular flexibility index (Phi) is 5.17. The molecule has 2 N–H and O–H groups in total. The average molecular weight is 337 g/mol. The van der Waals surface area contributed by atoms with Crippen molar-refractivity contribution in [2.75, 3.05) is 32.7 Å². The highest BCUT2D eigenvalue weighted by atomic mass is 16.5. The van der Waals surface area contributed by atoms with Crippen LogP contribution in [0.25, 0.3) is 0 Å². The molecule has 0 bridgehead atoms. The predicted octanol–water partition coefficient (Wildman–Crippen LogP) is -0.0506. The Morgan fingerprint density at radius 3 is 2.67 bits per heavy atom. The van der Waals surface area contributed by atoms with E-state index in [1.54, 1.807) is 4.90 Å². The molecule has 2 fully saturated rings. The Morgan fingerprint density at radius 2 is 1.96 bits per heavy atom. The van der Waals surface area contributed by atoms with Gasteiger partial charge in [0.25, 0.3) is 0 Å². The van der Waals surface area contributed by atoms with E-state index in [-0.39, 0.29) is 17.9 Å². The Hall–Kier alpha value is -2.32. The highest BCUT2D eigenvalue weighted by Gasteiger charge is 2.31. The minimum absolute atomic E-state index is 0.0558. The van der Waals surface area contributed by atoms with E-state index in [0.29, 0.717) is 25.3 Å². The van der Waals surface area contributed by atoms with Crippen LogP contribution in [0.3, 0.4) is 0 Å². The van der Waals surface area contributed by atoms with Crippen molar-refractivity contribution in [2.45, 2.75) is 32.1 Å². The molecule has 9 nitrogen and oxygen atoms in total. The number of amides is 3. The molecular weight excluding hydrogens is 314 g/mol. The van der Waals surface area contributed by atoms with Gasteiger partial charge in [-0.2, -0.15) is 0 Å². The van der Waals surface area contributed by atoms with E-state index in [0.717, 1.165) is 45.3 Å². The maximum atomic E-state index is 12.4. The van der Waals surface area contributed by atoms with Crippen LogP contribution >= 0.6 is 0 Å². The second-order valence-corrected chi connectivity index (χ2v) is 6.34. The van der Waals surface area contributed by atoms with Gasteiger partial charge in [0.15, 0.2) is 5.82 Å².